The standard InChI is InChI=1S/C21H29N3O3.ClH/c1-27-17-7-4-6-16(13-17)20(25)23-9-11-24(12-10-23)21(26)19-14-15-5-2-3-8-18(15)22-19;/h4,6-7,13,15,18-19,22H,2-3,5,8-12,14H2,1H3;1H. The van der Waals surface area contributed by atoms with Crippen LogP contribution in [0.5, 0.6) is 5.75 Å². The molecule has 0 aromatic heterocycles. The van der Waals surface area contributed by atoms with Crippen molar-refractivity contribution >= 4 is 24.2 Å². The number of ether oxygens (including phenoxy) is 1. The first kappa shape index (κ1) is 20.9. The molecule has 2 saturated heterocycles. The maximum absolute atomic E-state index is 12.9. The molecule has 1 aromatic carbocycles. The molecular formula is C21H30ClN3O3. The largest absolute Gasteiger partial charge is 0.497 e. The molecule has 2 heterocycles. The third-order valence-corrected chi connectivity index (χ3v) is 6.36. The second kappa shape index (κ2) is 9.14. The summed E-state index contributed by atoms with van der Waals surface area (Å²) < 4.78 is 5.21. The first-order valence-corrected chi connectivity index (χ1v) is 10.1. The molecule has 1 aromatic rings. The van der Waals surface area contributed by atoms with E-state index in [4.69, 9.17) is 4.74 Å². The van der Waals surface area contributed by atoms with Crippen LogP contribution in [0.2, 0.25) is 0 Å². The van der Waals surface area contributed by atoms with Gasteiger partial charge in [0.15, 0.2) is 0 Å². The van der Waals surface area contributed by atoms with E-state index in [2.05, 4.69) is 5.32 Å². The molecule has 3 atom stereocenters. The Hall–Kier alpha value is -1.79. The average molecular weight is 408 g/mol. The number of piperazine rings is 1. The highest BCUT2D eigenvalue weighted by Crippen LogP contribution is 2.33. The van der Waals surface area contributed by atoms with E-state index in [1.165, 1.54) is 25.7 Å². The smallest absolute Gasteiger partial charge is 0.254 e. The number of nitrogens with zero attached hydrogens (tertiary/aromatic N) is 2. The predicted octanol–water partition coefficient (Wildman–Crippen LogP) is 2.32. The molecule has 3 fully saturated rings. The Morgan fingerprint density at radius 2 is 1.79 bits per heavy atom. The summed E-state index contributed by atoms with van der Waals surface area (Å²) in [6, 6.07) is 7.75. The molecule has 7 heteroatoms. The van der Waals surface area contributed by atoms with E-state index in [1.807, 2.05) is 28.0 Å². The highest BCUT2D eigenvalue weighted by Gasteiger charge is 2.40. The first-order valence-electron chi connectivity index (χ1n) is 10.1. The lowest BCUT2D eigenvalue weighted by Crippen LogP contribution is -2.54. The van der Waals surface area contributed by atoms with Gasteiger partial charge in [0.05, 0.1) is 13.2 Å². The third kappa shape index (κ3) is 4.28. The summed E-state index contributed by atoms with van der Waals surface area (Å²) in [4.78, 5) is 29.4. The van der Waals surface area contributed by atoms with Crippen LogP contribution < -0.4 is 10.1 Å². The second-order valence-corrected chi connectivity index (χ2v) is 7.96. The maximum atomic E-state index is 12.9. The van der Waals surface area contributed by atoms with Crippen molar-refractivity contribution < 1.29 is 14.3 Å². The van der Waals surface area contributed by atoms with Crippen molar-refractivity contribution in [3.05, 3.63) is 29.8 Å². The number of hydrogen-bond acceptors (Lipinski definition) is 4. The minimum Gasteiger partial charge on any atom is -0.497 e. The number of halogens is 1. The quantitative estimate of drug-likeness (QED) is 0.835. The van der Waals surface area contributed by atoms with Crippen molar-refractivity contribution in [3.8, 4) is 5.75 Å². The monoisotopic (exact) mass is 407 g/mol. The van der Waals surface area contributed by atoms with Crippen molar-refractivity contribution in [1.29, 1.82) is 0 Å². The van der Waals surface area contributed by atoms with Gasteiger partial charge in [-0.1, -0.05) is 18.9 Å². The van der Waals surface area contributed by atoms with Crippen LogP contribution in [0.15, 0.2) is 24.3 Å². The number of amides is 2. The van der Waals surface area contributed by atoms with Crippen LogP contribution in [0.1, 0.15) is 42.5 Å². The Labute approximate surface area is 173 Å². The summed E-state index contributed by atoms with van der Waals surface area (Å²) in [5, 5.41) is 3.58. The molecule has 28 heavy (non-hydrogen) atoms. The van der Waals surface area contributed by atoms with E-state index in [0.717, 1.165) is 6.42 Å². The van der Waals surface area contributed by atoms with Gasteiger partial charge in [0.25, 0.3) is 5.91 Å². The average Bonchev–Trinajstić information content (AvgIpc) is 3.17. The van der Waals surface area contributed by atoms with Crippen molar-refractivity contribution in [2.45, 2.75) is 44.2 Å². The Morgan fingerprint density at radius 3 is 2.50 bits per heavy atom. The summed E-state index contributed by atoms with van der Waals surface area (Å²) in [5.41, 5.74) is 0.635. The lowest BCUT2D eigenvalue weighted by Gasteiger charge is -2.36. The third-order valence-electron chi connectivity index (χ3n) is 6.36. The lowest BCUT2D eigenvalue weighted by molar-refractivity contribution is -0.134. The zero-order chi connectivity index (χ0) is 18.8. The molecule has 1 aliphatic carbocycles. The van der Waals surface area contributed by atoms with Crippen LogP contribution in [0, 0.1) is 5.92 Å². The molecule has 3 aliphatic rings. The maximum Gasteiger partial charge on any atom is 0.254 e. The van der Waals surface area contributed by atoms with Gasteiger partial charge in [-0.05, 0) is 43.4 Å². The highest BCUT2D eigenvalue weighted by atomic mass is 35.5. The topological polar surface area (TPSA) is 61.9 Å². The van der Waals surface area contributed by atoms with Gasteiger partial charge in [-0.2, -0.15) is 0 Å². The van der Waals surface area contributed by atoms with E-state index in [0.29, 0.717) is 49.5 Å². The fraction of sp³-hybridized carbons (Fsp3) is 0.619. The SMILES string of the molecule is COc1cccc(C(=O)N2CCN(C(=O)C3CC4CCCCC4N3)CC2)c1.Cl. The van der Waals surface area contributed by atoms with Gasteiger partial charge in [-0.25, -0.2) is 0 Å². The van der Waals surface area contributed by atoms with Crippen LogP contribution >= 0.6 is 12.4 Å². The molecule has 1 N–H and O–H groups in total. The summed E-state index contributed by atoms with van der Waals surface area (Å²) >= 11 is 0. The first-order chi connectivity index (χ1) is 13.2. The van der Waals surface area contributed by atoms with Crippen LogP contribution in [-0.4, -0.2) is 67.0 Å². The van der Waals surface area contributed by atoms with Gasteiger partial charge >= 0.3 is 0 Å². The number of nitrogens with one attached hydrogen (secondary N) is 1. The molecule has 4 rings (SSSR count). The van der Waals surface area contributed by atoms with Gasteiger partial charge in [0, 0.05) is 37.8 Å². The molecule has 0 radical (unpaired) electrons. The summed E-state index contributed by atoms with van der Waals surface area (Å²) in [6.45, 7) is 2.40. The minimum absolute atomic E-state index is 0. The Bertz CT molecular complexity index is 692. The molecule has 1 saturated carbocycles. The molecule has 6 nitrogen and oxygen atoms in total. The van der Waals surface area contributed by atoms with Crippen molar-refractivity contribution in [2.75, 3.05) is 33.3 Å². The van der Waals surface area contributed by atoms with Gasteiger partial charge in [0.1, 0.15) is 5.75 Å². The fourth-order valence-corrected chi connectivity index (χ4v) is 4.80. The normalized spacial score (nSPS) is 27.0. The Kier molecular flexibility index (Phi) is 6.83. The summed E-state index contributed by atoms with van der Waals surface area (Å²) in [6.07, 6.45) is 6.02. The van der Waals surface area contributed by atoms with Crippen LogP contribution in [0.25, 0.3) is 0 Å². The van der Waals surface area contributed by atoms with Crippen LogP contribution in [-0.2, 0) is 4.79 Å². The van der Waals surface area contributed by atoms with Crippen molar-refractivity contribution in [1.82, 2.24) is 15.1 Å². The summed E-state index contributed by atoms with van der Waals surface area (Å²) in [7, 11) is 1.60. The number of rotatable bonds is 3. The number of carbonyl (C=O) groups excluding carboxylic acids is 2. The number of fused-ring (bicyclic) bond motifs is 1. The van der Waals surface area contributed by atoms with Crippen LogP contribution in [0.4, 0.5) is 0 Å². The van der Waals surface area contributed by atoms with E-state index in [1.54, 1.807) is 13.2 Å². The fourth-order valence-electron chi connectivity index (χ4n) is 4.80. The highest BCUT2D eigenvalue weighted by molar-refractivity contribution is 5.95. The van der Waals surface area contributed by atoms with Gasteiger partial charge < -0.3 is 19.9 Å². The van der Waals surface area contributed by atoms with Gasteiger partial charge in [0.2, 0.25) is 5.91 Å². The molecular weight excluding hydrogens is 378 g/mol. The molecule has 0 bridgehead atoms. The van der Waals surface area contributed by atoms with Crippen molar-refractivity contribution in [3.63, 3.8) is 0 Å². The minimum atomic E-state index is -0.0289. The number of benzene rings is 1. The molecule has 2 amide bonds. The van der Waals surface area contributed by atoms with E-state index >= 15 is 0 Å². The Morgan fingerprint density at radius 1 is 1.07 bits per heavy atom. The molecule has 0 spiro atoms. The number of hydrogen-bond donors (Lipinski definition) is 1. The van der Waals surface area contributed by atoms with Gasteiger partial charge in [-0.3, -0.25) is 9.59 Å². The lowest BCUT2D eigenvalue weighted by atomic mass is 9.85. The zero-order valence-corrected chi connectivity index (χ0v) is 17.2. The number of carbonyl (C=O) groups is 2. The number of methoxy groups -OCH3 is 1. The predicted molar refractivity (Wildman–Crippen MR) is 110 cm³/mol. The zero-order valence-electron chi connectivity index (χ0n) is 16.4. The molecule has 2 aliphatic heterocycles. The van der Waals surface area contributed by atoms with E-state index in [-0.39, 0.29) is 30.3 Å². The Balaban J connectivity index is 0.00000225. The molecule has 3 unspecified atom stereocenters. The summed E-state index contributed by atoms with van der Waals surface area (Å²) in [5.74, 6) is 1.58. The van der Waals surface area contributed by atoms with Gasteiger partial charge in [-0.15, -0.1) is 12.4 Å². The van der Waals surface area contributed by atoms with Crippen molar-refractivity contribution in [2.24, 2.45) is 5.92 Å². The molecule has 154 valence electrons. The second-order valence-electron chi connectivity index (χ2n) is 7.96. The van der Waals surface area contributed by atoms with E-state index in [9.17, 15) is 9.59 Å². The van der Waals surface area contributed by atoms with E-state index < -0.39 is 0 Å². The van der Waals surface area contributed by atoms with Crippen LogP contribution in [0.3, 0.4) is 0 Å².